The Balaban J connectivity index is 1.50. The molecule has 3 rings (SSSR count). The van der Waals surface area contributed by atoms with E-state index >= 15 is 0 Å². The molecule has 0 aliphatic carbocycles. The van der Waals surface area contributed by atoms with Crippen LogP contribution in [0, 0.1) is 0 Å². The van der Waals surface area contributed by atoms with E-state index in [9.17, 15) is 4.79 Å². The molecule has 0 aliphatic rings. The molecule has 0 spiro atoms. The highest BCUT2D eigenvalue weighted by Crippen LogP contribution is 2.15. The summed E-state index contributed by atoms with van der Waals surface area (Å²) in [7, 11) is 0. The van der Waals surface area contributed by atoms with E-state index in [1.54, 1.807) is 60.2 Å². The second kappa shape index (κ2) is 11.2. The summed E-state index contributed by atoms with van der Waals surface area (Å²) in [4.78, 5) is 14.6. The molecule has 30 heavy (non-hydrogen) atoms. The number of hydrazone groups is 2. The molecular formula is C23H22N4OS2. The maximum absolute atomic E-state index is 12.2. The molecule has 1 amide bonds. The number of hydrogen-bond donors (Lipinski definition) is 2. The van der Waals surface area contributed by atoms with Gasteiger partial charge < -0.3 is 0 Å². The Hall–Kier alpha value is -3.03. The zero-order chi connectivity index (χ0) is 21.2. The van der Waals surface area contributed by atoms with Crippen molar-refractivity contribution in [3.8, 4) is 0 Å². The highest BCUT2D eigenvalue weighted by atomic mass is 32.2. The third-order valence-electron chi connectivity index (χ3n) is 4.17. The summed E-state index contributed by atoms with van der Waals surface area (Å²) in [6, 6.07) is 23.1. The standard InChI is InChI=1S/C23H22N4OS2/c1-29-21-11-3-17(4-12-21)15-24-26-20-9-7-19(8-10-20)23(28)27-25-16-18-5-13-22(30-2)14-6-18/h3-16,26H,1-2H3,(H,27,28). The summed E-state index contributed by atoms with van der Waals surface area (Å²) in [6.07, 6.45) is 7.45. The van der Waals surface area contributed by atoms with E-state index < -0.39 is 0 Å². The van der Waals surface area contributed by atoms with Gasteiger partial charge in [-0.1, -0.05) is 24.3 Å². The minimum atomic E-state index is -0.268. The van der Waals surface area contributed by atoms with Crippen molar-refractivity contribution in [2.24, 2.45) is 10.2 Å². The number of thioether (sulfide) groups is 2. The second-order valence-electron chi connectivity index (χ2n) is 6.19. The van der Waals surface area contributed by atoms with Crippen molar-refractivity contribution < 1.29 is 4.79 Å². The van der Waals surface area contributed by atoms with Crippen molar-refractivity contribution >= 4 is 47.5 Å². The first-order chi connectivity index (χ1) is 14.7. The third-order valence-corrected chi connectivity index (χ3v) is 5.65. The summed E-state index contributed by atoms with van der Waals surface area (Å²) in [5, 5.41) is 8.25. The van der Waals surface area contributed by atoms with Gasteiger partial charge >= 0.3 is 0 Å². The molecule has 2 N–H and O–H groups in total. The molecule has 0 bridgehead atoms. The number of nitrogens with one attached hydrogen (secondary N) is 2. The fourth-order valence-corrected chi connectivity index (χ4v) is 3.30. The maximum atomic E-state index is 12.2. The first-order valence-electron chi connectivity index (χ1n) is 9.18. The van der Waals surface area contributed by atoms with E-state index in [1.165, 1.54) is 9.79 Å². The van der Waals surface area contributed by atoms with Crippen molar-refractivity contribution in [3.63, 3.8) is 0 Å². The Labute approximate surface area is 185 Å². The highest BCUT2D eigenvalue weighted by molar-refractivity contribution is 7.98. The topological polar surface area (TPSA) is 65.8 Å². The van der Waals surface area contributed by atoms with Gasteiger partial charge in [0, 0.05) is 15.4 Å². The van der Waals surface area contributed by atoms with Crippen LogP contribution in [0.2, 0.25) is 0 Å². The van der Waals surface area contributed by atoms with Crippen LogP contribution in [0.5, 0.6) is 0 Å². The molecule has 0 saturated carbocycles. The average Bonchev–Trinajstić information content (AvgIpc) is 2.80. The van der Waals surface area contributed by atoms with Crippen molar-refractivity contribution in [2.75, 3.05) is 17.9 Å². The lowest BCUT2D eigenvalue weighted by atomic mass is 10.2. The van der Waals surface area contributed by atoms with Crippen LogP contribution in [0.4, 0.5) is 5.69 Å². The number of benzene rings is 3. The Bertz CT molecular complexity index is 1010. The van der Waals surface area contributed by atoms with Gasteiger partial charge in [0.05, 0.1) is 18.1 Å². The molecule has 3 aromatic rings. The van der Waals surface area contributed by atoms with Gasteiger partial charge in [0.2, 0.25) is 0 Å². The lowest BCUT2D eigenvalue weighted by Gasteiger charge is -2.03. The molecule has 0 atom stereocenters. The van der Waals surface area contributed by atoms with E-state index in [1.807, 2.05) is 48.9 Å². The van der Waals surface area contributed by atoms with Crippen LogP contribution in [0.25, 0.3) is 0 Å². The summed E-state index contributed by atoms with van der Waals surface area (Å²) < 4.78 is 0. The van der Waals surface area contributed by atoms with E-state index in [2.05, 4.69) is 33.2 Å². The number of rotatable bonds is 8. The molecule has 0 unspecified atom stereocenters. The summed E-state index contributed by atoms with van der Waals surface area (Å²) in [5.74, 6) is -0.268. The average molecular weight is 435 g/mol. The van der Waals surface area contributed by atoms with Gasteiger partial charge in [-0.05, 0) is 72.2 Å². The molecule has 5 nitrogen and oxygen atoms in total. The molecule has 152 valence electrons. The van der Waals surface area contributed by atoms with Gasteiger partial charge in [0.25, 0.3) is 5.91 Å². The lowest BCUT2D eigenvalue weighted by molar-refractivity contribution is 0.0955. The molecule has 3 aromatic carbocycles. The van der Waals surface area contributed by atoms with Gasteiger partial charge in [0.1, 0.15) is 0 Å². The predicted molar refractivity (Wildman–Crippen MR) is 129 cm³/mol. The predicted octanol–water partition coefficient (Wildman–Crippen LogP) is 5.34. The monoisotopic (exact) mass is 434 g/mol. The Morgan fingerprint density at radius 2 is 1.23 bits per heavy atom. The lowest BCUT2D eigenvalue weighted by Crippen LogP contribution is -2.17. The smallest absolute Gasteiger partial charge is 0.271 e. The number of carbonyl (C=O) groups excluding carboxylic acids is 1. The molecule has 0 saturated heterocycles. The normalized spacial score (nSPS) is 11.1. The minimum Gasteiger partial charge on any atom is -0.279 e. The Morgan fingerprint density at radius 1 is 0.733 bits per heavy atom. The molecule has 7 heteroatoms. The van der Waals surface area contributed by atoms with Crippen LogP contribution in [0.3, 0.4) is 0 Å². The fourth-order valence-electron chi connectivity index (χ4n) is 2.49. The minimum absolute atomic E-state index is 0.268. The van der Waals surface area contributed by atoms with Crippen LogP contribution in [0.15, 0.2) is 92.8 Å². The largest absolute Gasteiger partial charge is 0.279 e. The second-order valence-corrected chi connectivity index (χ2v) is 7.95. The van der Waals surface area contributed by atoms with E-state index in [0.29, 0.717) is 5.56 Å². The first-order valence-corrected chi connectivity index (χ1v) is 11.6. The van der Waals surface area contributed by atoms with Gasteiger partial charge in [-0.25, -0.2) is 5.43 Å². The molecule has 0 heterocycles. The van der Waals surface area contributed by atoms with Gasteiger partial charge in [0.15, 0.2) is 0 Å². The molecule has 0 fully saturated rings. The van der Waals surface area contributed by atoms with E-state index in [4.69, 9.17) is 0 Å². The van der Waals surface area contributed by atoms with Crippen LogP contribution in [-0.2, 0) is 0 Å². The van der Waals surface area contributed by atoms with Crippen LogP contribution < -0.4 is 10.9 Å². The third kappa shape index (κ3) is 6.50. The summed E-state index contributed by atoms with van der Waals surface area (Å²) >= 11 is 3.39. The van der Waals surface area contributed by atoms with Crippen molar-refractivity contribution in [2.45, 2.75) is 9.79 Å². The van der Waals surface area contributed by atoms with Gasteiger partial charge in [-0.2, -0.15) is 10.2 Å². The number of nitrogens with zero attached hydrogens (tertiary/aromatic N) is 2. The van der Waals surface area contributed by atoms with Crippen LogP contribution in [-0.4, -0.2) is 30.8 Å². The fraction of sp³-hybridized carbons (Fsp3) is 0.0870. The van der Waals surface area contributed by atoms with Crippen LogP contribution in [0.1, 0.15) is 21.5 Å². The van der Waals surface area contributed by atoms with Crippen LogP contribution >= 0.6 is 23.5 Å². The highest BCUT2D eigenvalue weighted by Gasteiger charge is 2.03. The molecular weight excluding hydrogens is 412 g/mol. The SMILES string of the molecule is CSc1ccc(C=NNC(=O)c2ccc(NN=Cc3ccc(SC)cc3)cc2)cc1. The maximum Gasteiger partial charge on any atom is 0.271 e. The zero-order valence-electron chi connectivity index (χ0n) is 16.7. The number of carbonyl (C=O) groups is 1. The zero-order valence-corrected chi connectivity index (χ0v) is 18.3. The first kappa shape index (κ1) is 21.7. The molecule has 0 aromatic heterocycles. The quantitative estimate of drug-likeness (QED) is 0.285. The number of amides is 1. The summed E-state index contributed by atoms with van der Waals surface area (Å²) in [5.41, 5.74) is 8.76. The van der Waals surface area contributed by atoms with Gasteiger partial charge in [-0.15, -0.1) is 23.5 Å². The number of hydrogen-bond acceptors (Lipinski definition) is 6. The van der Waals surface area contributed by atoms with E-state index in [0.717, 1.165) is 16.8 Å². The molecule has 0 radical (unpaired) electrons. The van der Waals surface area contributed by atoms with Gasteiger partial charge in [-0.3, -0.25) is 10.2 Å². The van der Waals surface area contributed by atoms with E-state index in [-0.39, 0.29) is 5.91 Å². The van der Waals surface area contributed by atoms with Crippen molar-refractivity contribution in [1.82, 2.24) is 5.43 Å². The van der Waals surface area contributed by atoms with Crippen molar-refractivity contribution in [1.29, 1.82) is 0 Å². The van der Waals surface area contributed by atoms with Crippen molar-refractivity contribution in [3.05, 3.63) is 89.5 Å². The molecule has 0 aliphatic heterocycles. The Kier molecular flexibility index (Phi) is 8.11. The Morgan fingerprint density at radius 3 is 1.73 bits per heavy atom. The number of anilines is 1. The summed E-state index contributed by atoms with van der Waals surface area (Å²) in [6.45, 7) is 0.